The van der Waals surface area contributed by atoms with Crippen LogP contribution >= 0.6 is 0 Å². The number of fused-ring (bicyclic) bond motifs is 3. The van der Waals surface area contributed by atoms with Crippen LogP contribution in [0.1, 0.15) is 36.1 Å². The average molecular weight is 345 g/mol. The zero-order valence-electron chi connectivity index (χ0n) is 15.5. The largest absolute Gasteiger partial charge is 0.248 e. The van der Waals surface area contributed by atoms with Gasteiger partial charge in [0.25, 0.3) is 0 Å². The van der Waals surface area contributed by atoms with E-state index in [4.69, 9.17) is 4.98 Å². The molecule has 1 heterocycles. The Labute approximate surface area is 159 Å². The van der Waals surface area contributed by atoms with E-state index in [0.717, 1.165) is 11.2 Å². The SMILES string of the molecule is CC1(C)c2ccccc2-c2c(-c3cc4c5c(cccc5n3)C=C4)cccc21. The molecule has 2 aliphatic rings. The van der Waals surface area contributed by atoms with Crippen molar-refractivity contribution in [1.82, 2.24) is 4.98 Å². The highest BCUT2D eigenvalue weighted by Gasteiger charge is 2.36. The van der Waals surface area contributed by atoms with Crippen LogP contribution in [0.2, 0.25) is 0 Å². The minimum absolute atomic E-state index is 0.0165. The maximum absolute atomic E-state index is 5.07. The second-order valence-electron chi connectivity index (χ2n) is 8.07. The molecule has 2 aliphatic carbocycles. The summed E-state index contributed by atoms with van der Waals surface area (Å²) in [5.74, 6) is 0. The van der Waals surface area contributed by atoms with E-state index in [-0.39, 0.29) is 5.41 Å². The summed E-state index contributed by atoms with van der Waals surface area (Å²) in [4.78, 5) is 5.07. The van der Waals surface area contributed by atoms with Crippen LogP contribution in [-0.2, 0) is 5.41 Å². The lowest BCUT2D eigenvalue weighted by atomic mass is 9.82. The first-order valence-corrected chi connectivity index (χ1v) is 9.50. The third-order valence-electron chi connectivity index (χ3n) is 6.22. The highest BCUT2D eigenvalue weighted by Crippen LogP contribution is 2.51. The fraction of sp³-hybridized carbons (Fsp3) is 0.115. The highest BCUT2D eigenvalue weighted by molar-refractivity contribution is 6.05. The van der Waals surface area contributed by atoms with Gasteiger partial charge in [-0.15, -0.1) is 0 Å². The molecule has 3 aromatic carbocycles. The van der Waals surface area contributed by atoms with Crippen LogP contribution in [0.15, 0.2) is 66.7 Å². The van der Waals surface area contributed by atoms with E-state index < -0.39 is 0 Å². The summed E-state index contributed by atoms with van der Waals surface area (Å²) in [6.07, 6.45) is 4.40. The predicted molar refractivity (Wildman–Crippen MR) is 114 cm³/mol. The van der Waals surface area contributed by atoms with Crippen LogP contribution in [0, 0.1) is 0 Å². The molecule has 0 radical (unpaired) electrons. The molecule has 27 heavy (non-hydrogen) atoms. The summed E-state index contributed by atoms with van der Waals surface area (Å²) in [6.45, 7) is 4.65. The van der Waals surface area contributed by atoms with Gasteiger partial charge < -0.3 is 0 Å². The van der Waals surface area contributed by atoms with Crippen molar-refractivity contribution in [2.45, 2.75) is 19.3 Å². The van der Waals surface area contributed by atoms with Crippen LogP contribution in [-0.4, -0.2) is 4.98 Å². The molecular formula is C26H19N. The molecule has 128 valence electrons. The molecular weight excluding hydrogens is 326 g/mol. The Bertz CT molecular complexity index is 1290. The Kier molecular flexibility index (Phi) is 2.74. The predicted octanol–water partition coefficient (Wildman–Crippen LogP) is 6.69. The zero-order valence-corrected chi connectivity index (χ0v) is 15.5. The molecule has 1 heteroatoms. The van der Waals surface area contributed by atoms with Crippen molar-refractivity contribution >= 4 is 23.1 Å². The van der Waals surface area contributed by atoms with Crippen LogP contribution in [0.25, 0.3) is 45.4 Å². The first-order chi connectivity index (χ1) is 13.1. The molecule has 0 saturated carbocycles. The van der Waals surface area contributed by atoms with E-state index in [1.807, 2.05) is 0 Å². The third-order valence-corrected chi connectivity index (χ3v) is 6.22. The van der Waals surface area contributed by atoms with Crippen LogP contribution < -0.4 is 0 Å². The fourth-order valence-electron chi connectivity index (χ4n) is 4.90. The van der Waals surface area contributed by atoms with Gasteiger partial charge in [-0.3, -0.25) is 0 Å². The van der Waals surface area contributed by atoms with E-state index in [1.54, 1.807) is 0 Å². The van der Waals surface area contributed by atoms with E-state index in [9.17, 15) is 0 Å². The monoisotopic (exact) mass is 345 g/mol. The van der Waals surface area contributed by atoms with Gasteiger partial charge in [-0.2, -0.15) is 0 Å². The Morgan fingerprint density at radius 2 is 1.44 bits per heavy atom. The summed E-state index contributed by atoms with van der Waals surface area (Å²) in [7, 11) is 0. The maximum Gasteiger partial charge on any atom is 0.0722 e. The first kappa shape index (κ1) is 14.9. The topological polar surface area (TPSA) is 12.9 Å². The number of hydrogen-bond acceptors (Lipinski definition) is 1. The molecule has 0 unspecified atom stereocenters. The van der Waals surface area contributed by atoms with Gasteiger partial charge in [0.05, 0.1) is 11.2 Å². The third kappa shape index (κ3) is 1.86. The quantitative estimate of drug-likeness (QED) is 0.330. The molecule has 0 bridgehead atoms. The van der Waals surface area contributed by atoms with Gasteiger partial charge in [-0.25, -0.2) is 4.98 Å². The van der Waals surface area contributed by atoms with E-state index in [0.29, 0.717) is 0 Å². The molecule has 6 rings (SSSR count). The summed E-state index contributed by atoms with van der Waals surface area (Å²) in [5, 5.41) is 1.27. The second kappa shape index (κ2) is 4.95. The molecule has 1 nitrogen and oxygen atoms in total. The van der Waals surface area contributed by atoms with Crippen molar-refractivity contribution < 1.29 is 0 Å². The second-order valence-corrected chi connectivity index (χ2v) is 8.07. The minimum Gasteiger partial charge on any atom is -0.248 e. The molecule has 0 atom stereocenters. The van der Waals surface area contributed by atoms with Gasteiger partial charge >= 0.3 is 0 Å². The summed E-state index contributed by atoms with van der Waals surface area (Å²) >= 11 is 0. The zero-order chi connectivity index (χ0) is 18.2. The number of benzene rings is 3. The molecule has 0 saturated heterocycles. The maximum atomic E-state index is 5.07. The van der Waals surface area contributed by atoms with Crippen molar-refractivity contribution in [2.75, 3.05) is 0 Å². The summed E-state index contributed by atoms with van der Waals surface area (Å²) in [5.41, 5.74) is 11.4. The Hall–Kier alpha value is -3.19. The molecule has 1 aromatic heterocycles. The van der Waals surface area contributed by atoms with Crippen molar-refractivity contribution in [3.8, 4) is 22.4 Å². The van der Waals surface area contributed by atoms with Gasteiger partial charge in [0.1, 0.15) is 0 Å². The van der Waals surface area contributed by atoms with Crippen molar-refractivity contribution in [3.63, 3.8) is 0 Å². The van der Waals surface area contributed by atoms with E-state index in [1.165, 1.54) is 44.3 Å². The average Bonchev–Trinajstić information content (AvgIpc) is 3.21. The number of aromatic nitrogens is 1. The minimum atomic E-state index is 0.0165. The van der Waals surface area contributed by atoms with Gasteiger partial charge in [-0.05, 0) is 45.5 Å². The number of pyridine rings is 1. The summed E-state index contributed by atoms with van der Waals surface area (Å²) < 4.78 is 0. The smallest absolute Gasteiger partial charge is 0.0722 e. The number of rotatable bonds is 1. The van der Waals surface area contributed by atoms with Crippen LogP contribution in [0.4, 0.5) is 0 Å². The Morgan fingerprint density at radius 1 is 0.704 bits per heavy atom. The molecule has 0 spiro atoms. The highest BCUT2D eigenvalue weighted by atomic mass is 14.7. The summed E-state index contributed by atoms with van der Waals surface area (Å²) in [6, 6.07) is 24.1. The van der Waals surface area contributed by atoms with Gasteiger partial charge in [0.15, 0.2) is 0 Å². The standard InChI is InChI=1S/C26H19N/c1-26(2)20-10-4-3-8-18(20)25-19(9-6-11-21(25)26)23-15-17-14-13-16-7-5-12-22(27-23)24(16)17/h3-15H,1-2H3. The van der Waals surface area contributed by atoms with Crippen molar-refractivity contribution in [3.05, 3.63) is 89.0 Å². The van der Waals surface area contributed by atoms with Gasteiger partial charge in [-0.1, -0.05) is 80.6 Å². The molecule has 0 fully saturated rings. The fourth-order valence-corrected chi connectivity index (χ4v) is 4.90. The van der Waals surface area contributed by atoms with Gasteiger partial charge in [0.2, 0.25) is 0 Å². The number of nitrogens with zero attached hydrogens (tertiary/aromatic N) is 1. The molecule has 0 aliphatic heterocycles. The molecule has 4 aromatic rings. The normalized spacial score (nSPS) is 15.2. The van der Waals surface area contributed by atoms with Crippen LogP contribution in [0.5, 0.6) is 0 Å². The van der Waals surface area contributed by atoms with Crippen molar-refractivity contribution in [2.24, 2.45) is 0 Å². The molecule has 0 N–H and O–H groups in total. The lowest BCUT2D eigenvalue weighted by Crippen LogP contribution is -2.14. The lowest BCUT2D eigenvalue weighted by Gasteiger charge is -2.21. The van der Waals surface area contributed by atoms with Crippen LogP contribution in [0.3, 0.4) is 0 Å². The lowest BCUT2D eigenvalue weighted by molar-refractivity contribution is 0.660. The van der Waals surface area contributed by atoms with E-state index in [2.05, 4.69) is 92.7 Å². The number of hydrogen-bond donors (Lipinski definition) is 0. The first-order valence-electron chi connectivity index (χ1n) is 9.50. The van der Waals surface area contributed by atoms with Gasteiger partial charge in [0, 0.05) is 16.4 Å². The van der Waals surface area contributed by atoms with Crippen molar-refractivity contribution in [1.29, 1.82) is 0 Å². The van der Waals surface area contributed by atoms with E-state index >= 15 is 0 Å². The molecule has 0 amide bonds. The Balaban J connectivity index is 1.69. The Morgan fingerprint density at radius 3 is 2.37 bits per heavy atom.